The van der Waals surface area contributed by atoms with Crippen molar-refractivity contribution in [3.8, 4) is 16.9 Å². The minimum atomic E-state index is -1.61. The van der Waals surface area contributed by atoms with Crippen molar-refractivity contribution in [1.82, 2.24) is 0 Å². The van der Waals surface area contributed by atoms with Gasteiger partial charge in [-0.1, -0.05) is 43.3 Å². The van der Waals surface area contributed by atoms with E-state index in [0.717, 1.165) is 0 Å². The summed E-state index contributed by atoms with van der Waals surface area (Å²) in [5.41, 5.74) is 1.27. The van der Waals surface area contributed by atoms with E-state index < -0.39 is 34.9 Å². The smallest absolute Gasteiger partial charge is 0.194 e. The first-order chi connectivity index (χ1) is 14.3. The van der Waals surface area contributed by atoms with E-state index in [-0.39, 0.29) is 29.9 Å². The van der Waals surface area contributed by atoms with E-state index in [1.165, 1.54) is 43.3 Å². The summed E-state index contributed by atoms with van der Waals surface area (Å²) in [7, 11) is 0. The van der Waals surface area contributed by atoms with Gasteiger partial charge in [-0.15, -0.1) is 0 Å². The predicted molar refractivity (Wildman–Crippen MR) is 102 cm³/mol. The van der Waals surface area contributed by atoms with Crippen LogP contribution in [0.5, 0.6) is 5.75 Å². The highest BCUT2D eigenvalue weighted by molar-refractivity contribution is 5.68. The van der Waals surface area contributed by atoms with Gasteiger partial charge in [0.15, 0.2) is 23.3 Å². The fraction of sp³-hybridized carbons (Fsp3) is 0.130. The van der Waals surface area contributed by atoms with Crippen LogP contribution in [0.15, 0.2) is 60.4 Å². The monoisotopic (exact) mass is 422 g/mol. The third-order valence-electron chi connectivity index (χ3n) is 4.42. The summed E-state index contributed by atoms with van der Waals surface area (Å²) in [6.07, 6.45) is -0.0560. The Bertz CT molecular complexity index is 1070. The summed E-state index contributed by atoms with van der Waals surface area (Å²) in [6, 6.07) is 11.4. The van der Waals surface area contributed by atoms with E-state index >= 15 is 0 Å². The Morgan fingerprint density at radius 2 is 1.37 bits per heavy atom. The molecule has 3 rings (SSSR count). The van der Waals surface area contributed by atoms with Crippen LogP contribution in [0.25, 0.3) is 17.0 Å². The molecule has 0 atom stereocenters. The number of ether oxygens (including phenoxy) is 1. The highest BCUT2D eigenvalue weighted by atomic mass is 19.2. The van der Waals surface area contributed by atoms with Gasteiger partial charge in [-0.3, -0.25) is 0 Å². The van der Waals surface area contributed by atoms with Crippen molar-refractivity contribution < 1.29 is 31.1 Å². The third kappa shape index (κ3) is 4.67. The summed E-state index contributed by atoms with van der Waals surface area (Å²) in [6.45, 7) is 1.17. The maximum absolute atomic E-state index is 14.4. The molecule has 0 aliphatic rings. The zero-order chi connectivity index (χ0) is 21.8. The normalized spacial score (nSPS) is 12.0. The second-order valence-electron chi connectivity index (χ2n) is 6.45. The minimum Gasteiger partial charge on any atom is -0.489 e. The molecule has 0 aliphatic heterocycles. The minimum absolute atomic E-state index is 0.0560. The molecule has 0 unspecified atom stereocenters. The molecule has 3 aromatic carbocycles. The summed E-state index contributed by atoms with van der Waals surface area (Å²) < 4.78 is 86.2. The lowest BCUT2D eigenvalue weighted by atomic mass is 10.0. The Labute approximate surface area is 169 Å². The highest BCUT2D eigenvalue weighted by Crippen LogP contribution is 2.28. The van der Waals surface area contributed by atoms with Crippen molar-refractivity contribution >= 4 is 5.83 Å². The van der Waals surface area contributed by atoms with Gasteiger partial charge >= 0.3 is 0 Å². The van der Waals surface area contributed by atoms with Gasteiger partial charge < -0.3 is 4.74 Å². The third-order valence-corrected chi connectivity index (χ3v) is 4.42. The molecule has 0 N–H and O–H groups in total. The largest absolute Gasteiger partial charge is 0.489 e. The first kappa shape index (κ1) is 21.5. The molecule has 0 spiro atoms. The van der Waals surface area contributed by atoms with Crippen molar-refractivity contribution in [3.63, 3.8) is 0 Å². The molecule has 30 heavy (non-hydrogen) atoms. The van der Waals surface area contributed by atoms with Crippen LogP contribution in [0.4, 0.5) is 26.3 Å². The predicted octanol–water partition coefficient (Wildman–Crippen LogP) is 7.51. The van der Waals surface area contributed by atoms with E-state index in [0.29, 0.717) is 23.3 Å². The first-order valence-corrected chi connectivity index (χ1v) is 9.01. The maximum atomic E-state index is 14.4. The summed E-state index contributed by atoms with van der Waals surface area (Å²) in [5.74, 6) is -7.13. The quantitative estimate of drug-likeness (QED) is 0.295. The fourth-order valence-electron chi connectivity index (χ4n) is 2.74. The Hall–Kier alpha value is -3.22. The number of rotatable bonds is 6. The van der Waals surface area contributed by atoms with Crippen LogP contribution in [0, 0.1) is 23.3 Å². The molecule has 0 amide bonds. The summed E-state index contributed by atoms with van der Waals surface area (Å²) in [4.78, 5) is 0. The van der Waals surface area contributed by atoms with Crippen LogP contribution in [-0.2, 0) is 6.61 Å². The summed E-state index contributed by atoms with van der Waals surface area (Å²) in [5, 5.41) is 0. The number of allylic oxidation sites excluding steroid dienone is 1. The fourth-order valence-corrected chi connectivity index (χ4v) is 2.74. The van der Waals surface area contributed by atoms with Gasteiger partial charge in [0.2, 0.25) is 0 Å². The molecular formula is C23H16F6O. The van der Waals surface area contributed by atoms with E-state index in [2.05, 4.69) is 0 Å². The van der Waals surface area contributed by atoms with Crippen molar-refractivity contribution in [2.75, 3.05) is 0 Å². The number of hydrogen-bond donors (Lipinski definition) is 0. The Kier molecular flexibility index (Phi) is 6.50. The number of benzene rings is 3. The lowest BCUT2D eigenvalue weighted by Crippen LogP contribution is -2.01. The van der Waals surface area contributed by atoms with E-state index in [1.807, 2.05) is 0 Å². The van der Waals surface area contributed by atoms with Gasteiger partial charge in [-0.2, -0.15) is 0 Å². The Morgan fingerprint density at radius 3 is 1.93 bits per heavy atom. The van der Waals surface area contributed by atoms with Crippen molar-refractivity contribution in [2.24, 2.45) is 0 Å². The molecule has 1 nitrogen and oxygen atoms in total. The Balaban J connectivity index is 1.75. The van der Waals surface area contributed by atoms with Crippen molar-refractivity contribution in [1.29, 1.82) is 0 Å². The lowest BCUT2D eigenvalue weighted by molar-refractivity contribution is 0.294. The van der Waals surface area contributed by atoms with Gasteiger partial charge in [0.25, 0.3) is 0 Å². The van der Waals surface area contributed by atoms with E-state index in [1.54, 1.807) is 6.07 Å². The van der Waals surface area contributed by atoms with Gasteiger partial charge in [-0.05, 0) is 23.6 Å². The Morgan fingerprint density at radius 1 is 0.767 bits per heavy atom. The van der Waals surface area contributed by atoms with Crippen LogP contribution in [-0.4, -0.2) is 0 Å². The number of halogens is 6. The molecule has 3 aromatic rings. The maximum Gasteiger partial charge on any atom is 0.194 e. The molecule has 0 saturated heterocycles. The average Bonchev–Trinajstić information content (AvgIpc) is 2.75. The van der Waals surface area contributed by atoms with Gasteiger partial charge in [0.05, 0.1) is 0 Å². The number of hydrogen-bond acceptors (Lipinski definition) is 1. The lowest BCUT2D eigenvalue weighted by Gasteiger charge is -2.10. The van der Waals surface area contributed by atoms with Gasteiger partial charge in [-0.25, -0.2) is 26.3 Å². The standard InChI is InChI=1S/C23H16F6O/c1-2-18(24)22(28)14-5-3-13(4-6-14)15-7-8-16(19(25)9-15)12-30-17-10-20(26)23(29)21(27)11-17/h3-11H,2,12H2,1H3. The molecule has 0 aliphatic carbocycles. The highest BCUT2D eigenvalue weighted by Gasteiger charge is 2.13. The molecule has 156 valence electrons. The average molecular weight is 422 g/mol. The van der Waals surface area contributed by atoms with Crippen LogP contribution in [0.1, 0.15) is 24.5 Å². The molecule has 0 radical (unpaired) electrons. The van der Waals surface area contributed by atoms with Crippen LogP contribution in [0.2, 0.25) is 0 Å². The first-order valence-electron chi connectivity index (χ1n) is 9.01. The zero-order valence-corrected chi connectivity index (χ0v) is 15.8. The summed E-state index contributed by atoms with van der Waals surface area (Å²) >= 11 is 0. The molecule has 0 aromatic heterocycles. The van der Waals surface area contributed by atoms with E-state index in [4.69, 9.17) is 4.74 Å². The van der Waals surface area contributed by atoms with Crippen molar-refractivity contribution in [3.05, 3.63) is 94.8 Å². The molecule has 0 fully saturated rings. The van der Waals surface area contributed by atoms with E-state index in [9.17, 15) is 26.3 Å². The van der Waals surface area contributed by atoms with Crippen LogP contribution >= 0.6 is 0 Å². The zero-order valence-electron chi connectivity index (χ0n) is 15.8. The van der Waals surface area contributed by atoms with Gasteiger partial charge in [0.1, 0.15) is 24.0 Å². The molecule has 0 heterocycles. The second kappa shape index (κ2) is 9.07. The van der Waals surface area contributed by atoms with Gasteiger partial charge in [0, 0.05) is 23.3 Å². The van der Waals surface area contributed by atoms with Crippen molar-refractivity contribution in [2.45, 2.75) is 20.0 Å². The van der Waals surface area contributed by atoms with Crippen LogP contribution < -0.4 is 4.74 Å². The molecular weight excluding hydrogens is 406 g/mol. The topological polar surface area (TPSA) is 9.23 Å². The molecule has 7 heteroatoms. The molecule has 0 saturated carbocycles. The second-order valence-corrected chi connectivity index (χ2v) is 6.45. The van der Waals surface area contributed by atoms with Crippen LogP contribution in [0.3, 0.4) is 0 Å². The molecule has 0 bridgehead atoms. The SMILES string of the molecule is CCC(F)=C(F)c1ccc(-c2ccc(COc3cc(F)c(F)c(F)c3)c(F)c2)cc1.